The molecule has 1 aromatic carbocycles. The van der Waals surface area contributed by atoms with Crippen LogP contribution >= 0.6 is 0 Å². The van der Waals surface area contributed by atoms with E-state index < -0.39 is 0 Å². The molecule has 0 bridgehead atoms. The van der Waals surface area contributed by atoms with Crippen molar-refractivity contribution in [3.05, 3.63) is 18.2 Å². The van der Waals surface area contributed by atoms with Gasteiger partial charge in [-0.2, -0.15) is 0 Å². The van der Waals surface area contributed by atoms with E-state index >= 15 is 0 Å². The van der Waals surface area contributed by atoms with Crippen LogP contribution in [0.2, 0.25) is 0 Å². The van der Waals surface area contributed by atoms with E-state index in [1.165, 1.54) is 0 Å². The van der Waals surface area contributed by atoms with Crippen molar-refractivity contribution in [1.82, 2.24) is 25.5 Å². The van der Waals surface area contributed by atoms with E-state index in [1.807, 2.05) is 22.9 Å². The SMILES string of the molecule is COc1cc(OC)cc(-c2nnnn2C2CCNCC2)c1. The Morgan fingerprint density at radius 2 is 1.76 bits per heavy atom. The van der Waals surface area contributed by atoms with Crippen molar-refractivity contribution in [2.45, 2.75) is 18.9 Å². The average Bonchev–Trinajstić information content (AvgIpc) is 3.04. The molecule has 1 aromatic heterocycles. The van der Waals surface area contributed by atoms with Crippen molar-refractivity contribution in [2.24, 2.45) is 0 Å². The molecule has 7 nitrogen and oxygen atoms in total. The molecule has 2 aromatic rings. The number of piperidine rings is 1. The zero-order valence-electron chi connectivity index (χ0n) is 12.2. The number of rotatable bonds is 4. The van der Waals surface area contributed by atoms with Gasteiger partial charge < -0.3 is 14.8 Å². The Morgan fingerprint density at radius 1 is 1.10 bits per heavy atom. The number of ether oxygens (including phenoxy) is 2. The van der Waals surface area contributed by atoms with Crippen molar-refractivity contribution in [3.8, 4) is 22.9 Å². The number of tetrazole rings is 1. The van der Waals surface area contributed by atoms with Crippen LogP contribution in [0.15, 0.2) is 18.2 Å². The first-order valence-electron chi connectivity index (χ1n) is 7.04. The zero-order chi connectivity index (χ0) is 14.7. The Kier molecular flexibility index (Phi) is 4.01. The van der Waals surface area contributed by atoms with Gasteiger partial charge in [-0.1, -0.05) is 0 Å². The molecule has 0 unspecified atom stereocenters. The second-order valence-corrected chi connectivity index (χ2v) is 5.03. The molecule has 21 heavy (non-hydrogen) atoms. The van der Waals surface area contributed by atoms with Gasteiger partial charge in [0.05, 0.1) is 20.3 Å². The Bertz CT molecular complexity index is 585. The maximum atomic E-state index is 5.31. The van der Waals surface area contributed by atoms with Crippen molar-refractivity contribution < 1.29 is 9.47 Å². The lowest BCUT2D eigenvalue weighted by Gasteiger charge is -2.23. The number of nitrogens with zero attached hydrogens (tertiary/aromatic N) is 4. The molecule has 1 fully saturated rings. The van der Waals surface area contributed by atoms with Gasteiger partial charge in [0.25, 0.3) is 0 Å². The lowest BCUT2D eigenvalue weighted by Crippen LogP contribution is -2.30. The number of nitrogens with one attached hydrogen (secondary N) is 1. The highest BCUT2D eigenvalue weighted by Crippen LogP contribution is 2.30. The quantitative estimate of drug-likeness (QED) is 0.914. The summed E-state index contributed by atoms with van der Waals surface area (Å²) in [5, 5.41) is 15.6. The Labute approximate surface area is 123 Å². The Hall–Kier alpha value is -2.15. The minimum Gasteiger partial charge on any atom is -0.497 e. The van der Waals surface area contributed by atoms with Crippen molar-refractivity contribution in [1.29, 1.82) is 0 Å². The van der Waals surface area contributed by atoms with Gasteiger partial charge in [-0.3, -0.25) is 0 Å². The Balaban J connectivity index is 1.98. The molecule has 0 radical (unpaired) electrons. The van der Waals surface area contributed by atoms with E-state index in [9.17, 15) is 0 Å². The number of hydrogen-bond acceptors (Lipinski definition) is 6. The topological polar surface area (TPSA) is 74.1 Å². The second-order valence-electron chi connectivity index (χ2n) is 5.03. The summed E-state index contributed by atoms with van der Waals surface area (Å²) >= 11 is 0. The molecule has 0 aliphatic carbocycles. The minimum absolute atomic E-state index is 0.327. The van der Waals surface area contributed by atoms with Crippen LogP contribution in [-0.2, 0) is 0 Å². The molecule has 1 aliphatic rings. The van der Waals surface area contributed by atoms with Crippen LogP contribution in [0.3, 0.4) is 0 Å². The highest BCUT2D eigenvalue weighted by molar-refractivity contribution is 5.60. The van der Waals surface area contributed by atoms with Gasteiger partial charge in [-0.15, -0.1) is 5.10 Å². The first-order chi connectivity index (χ1) is 10.3. The highest BCUT2D eigenvalue weighted by atomic mass is 16.5. The third-order valence-electron chi connectivity index (χ3n) is 3.76. The van der Waals surface area contributed by atoms with E-state index in [0.29, 0.717) is 6.04 Å². The van der Waals surface area contributed by atoms with Crippen LogP contribution in [0, 0.1) is 0 Å². The summed E-state index contributed by atoms with van der Waals surface area (Å²) in [5.74, 6) is 2.20. The molecule has 3 rings (SSSR count). The molecular weight excluding hydrogens is 270 g/mol. The fourth-order valence-electron chi connectivity index (χ4n) is 2.62. The van der Waals surface area contributed by atoms with Gasteiger partial charge in [-0.05, 0) is 48.5 Å². The summed E-state index contributed by atoms with van der Waals surface area (Å²) in [6.07, 6.45) is 2.05. The molecule has 0 spiro atoms. The first-order valence-corrected chi connectivity index (χ1v) is 7.04. The zero-order valence-corrected chi connectivity index (χ0v) is 12.2. The smallest absolute Gasteiger partial charge is 0.182 e. The summed E-state index contributed by atoms with van der Waals surface area (Å²) in [6.45, 7) is 1.98. The van der Waals surface area contributed by atoms with Gasteiger partial charge in [0.1, 0.15) is 11.5 Å². The van der Waals surface area contributed by atoms with Crippen LogP contribution in [-0.4, -0.2) is 47.5 Å². The van der Waals surface area contributed by atoms with E-state index in [4.69, 9.17) is 9.47 Å². The van der Waals surface area contributed by atoms with Crippen molar-refractivity contribution in [2.75, 3.05) is 27.3 Å². The van der Waals surface area contributed by atoms with Gasteiger partial charge in [-0.25, -0.2) is 4.68 Å². The molecule has 1 saturated heterocycles. The maximum Gasteiger partial charge on any atom is 0.182 e. The summed E-state index contributed by atoms with van der Waals surface area (Å²) in [5.41, 5.74) is 0.898. The summed E-state index contributed by atoms with van der Waals surface area (Å²) < 4.78 is 12.5. The van der Waals surface area contributed by atoms with E-state index in [1.54, 1.807) is 14.2 Å². The van der Waals surface area contributed by atoms with Gasteiger partial charge in [0.2, 0.25) is 0 Å². The summed E-state index contributed by atoms with van der Waals surface area (Å²) in [4.78, 5) is 0. The molecule has 0 amide bonds. The number of benzene rings is 1. The van der Waals surface area contributed by atoms with E-state index in [-0.39, 0.29) is 0 Å². The van der Waals surface area contributed by atoms with Gasteiger partial charge >= 0.3 is 0 Å². The maximum absolute atomic E-state index is 5.31. The van der Waals surface area contributed by atoms with Crippen LogP contribution in [0.4, 0.5) is 0 Å². The summed E-state index contributed by atoms with van der Waals surface area (Å²) in [6, 6.07) is 6.01. The first kappa shape index (κ1) is 13.8. The predicted molar refractivity (Wildman–Crippen MR) is 77.5 cm³/mol. The van der Waals surface area contributed by atoms with Gasteiger partial charge in [0.15, 0.2) is 5.82 Å². The number of aromatic nitrogens is 4. The van der Waals surface area contributed by atoms with Crippen molar-refractivity contribution >= 4 is 0 Å². The number of hydrogen-bond donors (Lipinski definition) is 1. The molecule has 2 heterocycles. The van der Waals surface area contributed by atoms with E-state index in [2.05, 4.69) is 20.8 Å². The Morgan fingerprint density at radius 3 is 2.38 bits per heavy atom. The molecule has 1 aliphatic heterocycles. The fraction of sp³-hybridized carbons (Fsp3) is 0.500. The van der Waals surface area contributed by atoms with Crippen LogP contribution in [0.5, 0.6) is 11.5 Å². The highest BCUT2D eigenvalue weighted by Gasteiger charge is 2.21. The second kappa shape index (κ2) is 6.09. The van der Waals surface area contributed by atoms with E-state index in [0.717, 1.165) is 48.8 Å². The van der Waals surface area contributed by atoms with Crippen LogP contribution in [0.1, 0.15) is 18.9 Å². The predicted octanol–water partition coefficient (Wildman–Crippen LogP) is 1.28. The lowest BCUT2D eigenvalue weighted by atomic mass is 10.1. The van der Waals surface area contributed by atoms with Gasteiger partial charge in [0, 0.05) is 11.6 Å². The lowest BCUT2D eigenvalue weighted by molar-refractivity contribution is 0.340. The molecule has 112 valence electrons. The standard InChI is InChI=1S/C14H19N5O2/c1-20-12-7-10(8-13(9-12)21-2)14-16-17-18-19(14)11-3-5-15-6-4-11/h7-9,11,15H,3-6H2,1-2H3. The molecule has 7 heteroatoms. The largest absolute Gasteiger partial charge is 0.497 e. The molecule has 1 N–H and O–H groups in total. The molecular formula is C14H19N5O2. The van der Waals surface area contributed by atoms with Crippen LogP contribution < -0.4 is 14.8 Å². The van der Waals surface area contributed by atoms with Crippen molar-refractivity contribution in [3.63, 3.8) is 0 Å². The fourth-order valence-corrected chi connectivity index (χ4v) is 2.62. The van der Waals surface area contributed by atoms with Crippen LogP contribution in [0.25, 0.3) is 11.4 Å². The summed E-state index contributed by atoms with van der Waals surface area (Å²) in [7, 11) is 3.27. The third-order valence-corrected chi connectivity index (χ3v) is 3.76. The average molecular weight is 289 g/mol. The number of methoxy groups -OCH3 is 2. The minimum atomic E-state index is 0.327. The molecule has 0 atom stereocenters. The monoisotopic (exact) mass is 289 g/mol. The third kappa shape index (κ3) is 2.82. The normalized spacial score (nSPS) is 15.9. The molecule has 0 saturated carbocycles.